The van der Waals surface area contributed by atoms with E-state index in [0.29, 0.717) is 38.8 Å². The van der Waals surface area contributed by atoms with Gasteiger partial charge in [0, 0.05) is 55.9 Å². The minimum Gasteiger partial charge on any atom is -0.497 e. The fourth-order valence-corrected chi connectivity index (χ4v) is 12.7. The van der Waals surface area contributed by atoms with Gasteiger partial charge in [0.05, 0.1) is 38.4 Å². The number of aliphatic hydroxyl groups is 1. The number of hydrogen-bond acceptors (Lipinski definition) is 7. The van der Waals surface area contributed by atoms with Crippen molar-refractivity contribution in [3.8, 4) is 5.75 Å². The first kappa shape index (κ1) is 33.9. The maximum atomic E-state index is 14.9. The number of benzene rings is 3. The largest absolute Gasteiger partial charge is 0.497 e. The number of para-hydroxylation sites is 1. The maximum absolute atomic E-state index is 14.9. The summed E-state index contributed by atoms with van der Waals surface area (Å²) in [5.41, 5.74) is 3.83. The molecule has 7 rings (SSSR count). The number of aliphatic hydroxyl groups excluding tert-OH is 1. The van der Waals surface area contributed by atoms with Crippen LogP contribution in [0.1, 0.15) is 36.6 Å². The van der Waals surface area contributed by atoms with Gasteiger partial charge in [-0.25, -0.2) is 0 Å². The molecule has 1 fully saturated rings. The Morgan fingerprint density at radius 1 is 1.08 bits per heavy atom. The van der Waals surface area contributed by atoms with E-state index in [2.05, 4.69) is 55.1 Å². The Morgan fingerprint density at radius 2 is 1.86 bits per heavy atom. The van der Waals surface area contributed by atoms with Crippen LogP contribution in [0.5, 0.6) is 5.75 Å². The number of carbonyl (C=O) groups is 2. The van der Waals surface area contributed by atoms with Crippen molar-refractivity contribution in [3.05, 3.63) is 102 Å². The molecule has 3 aromatic carbocycles. The molecule has 4 aromatic rings. The van der Waals surface area contributed by atoms with Crippen LogP contribution in [0.3, 0.4) is 0 Å². The summed E-state index contributed by atoms with van der Waals surface area (Å²) >= 11 is 0. The Balaban J connectivity index is 1.34. The fourth-order valence-electron chi connectivity index (χ4n) is 8.67. The minimum atomic E-state index is -2.36. The molecule has 0 bridgehead atoms. The number of fused-ring (bicyclic) bond motifs is 3. The Bertz CT molecular complexity index is 1930. The SMILES string of the molecule is C=CCN1C(=O)[C@]2(O[C@H](CCn3cc(CCO)nn3)[C@@H]([Si](C)(C)c3ccc(OC)cc3)[C@@H]2C)c2cc(N3C(=O)CCc4ccccc43)ccc21. The standard InChI is InChI=1S/C39H45N5O5Si/c1-6-21-43-34-17-12-29(44-33-10-8-7-9-27(33)11-18-36(44)46)24-32(34)39(38(43)47)26(2)37(50(4,5)31-15-13-30(48-3)14-16-31)35(49-39)19-22-42-25-28(20-23-45)40-41-42/h6-10,12-17,24-26,35,37,45H,1,11,18-23H2,2-5H3/t26-,35+,37-,39+/m0/s1. The third-order valence-electron chi connectivity index (χ3n) is 11.1. The van der Waals surface area contributed by atoms with Crippen molar-refractivity contribution in [1.29, 1.82) is 0 Å². The summed E-state index contributed by atoms with van der Waals surface area (Å²) in [6.07, 6.45) is 5.52. The molecule has 0 unspecified atom stereocenters. The molecule has 1 spiro atoms. The lowest BCUT2D eigenvalue weighted by Gasteiger charge is -2.37. The van der Waals surface area contributed by atoms with Gasteiger partial charge in [-0.2, -0.15) is 0 Å². The molecule has 11 heteroatoms. The van der Waals surface area contributed by atoms with Gasteiger partial charge in [-0.3, -0.25) is 19.2 Å². The van der Waals surface area contributed by atoms with Crippen molar-refractivity contribution in [2.45, 2.75) is 69.5 Å². The quantitative estimate of drug-likeness (QED) is 0.169. The van der Waals surface area contributed by atoms with E-state index in [-0.39, 0.29) is 36.0 Å². The number of rotatable bonds is 11. The topological polar surface area (TPSA) is 110 Å². The molecule has 1 N–H and O–H groups in total. The lowest BCUT2D eigenvalue weighted by molar-refractivity contribution is -0.145. The van der Waals surface area contributed by atoms with E-state index in [1.807, 2.05) is 54.7 Å². The van der Waals surface area contributed by atoms with Crippen LogP contribution in [0.4, 0.5) is 17.1 Å². The van der Waals surface area contributed by atoms with Gasteiger partial charge in [-0.05, 0) is 60.3 Å². The fraction of sp³-hybridized carbons (Fsp3) is 0.385. The zero-order valence-corrected chi connectivity index (χ0v) is 30.2. The highest BCUT2D eigenvalue weighted by Gasteiger charge is 2.66. The van der Waals surface area contributed by atoms with Crippen molar-refractivity contribution >= 4 is 42.1 Å². The molecule has 50 heavy (non-hydrogen) atoms. The Morgan fingerprint density at radius 3 is 2.60 bits per heavy atom. The van der Waals surface area contributed by atoms with Gasteiger partial charge < -0.3 is 19.5 Å². The first-order chi connectivity index (χ1) is 24.1. The number of ether oxygens (including phenoxy) is 2. The Labute approximate surface area is 294 Å². The average Bonchev–Trinajstić information content (AvgIpc) is 3.77. The molecule has 3 aliphatic heterocycles. The van der Waals surface area contributed by atoms with E-state index >= 15 is 0 Å². The number of aromatic nitrogens is 3. The molecule has 4 heterocycles. The van der Waals surface area contributed by atoms with Gasteiger partial charge in [0.1, 0.15) is 5.75 Å². The van der Waals surface area contributed by atoms with Crippen LogP contribution in [0, 0.1) is 5.92 Å². The summed E-state index contributed by atoms with van der Waals surface area (Å²) < 4.78 is 14.6. The number of carbonyl (C=O) groups excluding carboxylic acids is 2. The van der Waals surface area contributed by atoms with E-state index in [4.69, 9.17) is 9.47 Å². The first-order valence-corrected chi connectivity index (χ1v) is 20.5. The molecule has 1 saturated heterocycles. The van der Waals surface area contributed by atoms with Crippen LogP contribution in [0.15, 0.2) is 85.6 Å². The monoisotopic (exact) mass is 691 g/mol. The second-order valence-corrected chi connectivity index (χ2v) is 18.8. The molecule has 260 valence electrons. The smallest absolute Gasteiger partial charge is 0.264 e. The van der Waals surface area contributed by atoms with Crippen molar-refractivity contribution in [2.75, 3.05) is 30.1 Å². The van der Waals surface area contributed by atoms with Crippen molar-refractivity contribution in [3.63, 3.8) is 0 Å². The molecule has 0 saturated carbocycles. The molecular formula is C39H45N5O5Si. The molecule has 0 radical (unpaired) electrons. The van der Waals surface area contributed by atoms with Crippen LogP contribution < -0.4 is 19.7 Å². The predicted octanol–water partition coefficient (Wildman–Crippen LogP) is 5.27. The molecular weight excluding hydrogens is 647 g/mol. The second-order valence-electron chi connectivity index (χ2n) is 14.2. The summed E-state index contributed by atoms with van der Waals surface area (Å²) in [5.74, 6) is 0.536. The van der Waals surface area contributed by atoms with Crippen molar-refractivity contribution < 1.29 is 24.2 Å². The molecule has 1 aromatic heterocycles. The van der Waals surface area contributed by atoms with Crippen molar-refractivity contribution in [1.82, 2.24) is 15.0 Å². The summed E-state index contributed by atoms with van der Waals surface area (Å²) in [6, 6.07) is 22.3. The zero-order valence-electron chi connectivity index (χ0n) is 29.2. The van der Waals surface area contributed by atoms with Gasteiger partial charge >= 0.3 is 0 Å². The molecule has 10 nitrogen and oxygen atoms in total. The number of anilines is 3. The Kier molecular flexibility index (Phi) is 9.00. The van der Waals surface area contributed by atoms with Gasteiger partial charge in [0.25, 0.3) is 5.91 Å². The van der Waals surface area contributed by atoms with Gasteiger partial charge in [0.2, 0.25) is 5.91 Å². The molecule has 0 aliphatic carbocycles. The molecule has 2 amide bonds. The Hall–Kier alpha value is -4.58. The van der Waals surface area contributed by atoms with E-state index < -0.39 is 13.7 Å². The average molecular weight is 692 g/mol. The van der Waals surface area contributed by atoms with Crippen LogP contribution in [-0.2, 0) is 39.3 Å². The number of aryl methyl sites for hydroxylation is 2. The summed E-state index contributed by atoms with van der Waals surface area (Å²) in [7, 11) is -0.688. The minimum absolute atomic E-state index is 0.00746. The summed E-state index contributed by atoms with van der Waals surface area (Å²) in [4.78, 5) is 32.1. The number of methoxy groups -OCH3 is 1. The van der Waals surface area contributed by atoms with E-state index in [1.165, 1.54) is 5.19 Å². The van der Waals surface area contributed by atoms with Crippen LogP contribution >= 0.6 is 0 Å². The highest BCUT2D eigenvalue weighted by molar-refractivity contribution is 6.91. The van der Waals surface area contributed by atoms with Crippen LogP contribution in [0.2, 0.25) is 18.6 Å². The maximum Gasteiger partial charge on any atom is 0.264 e. The van der Waals surface area contributed by atoms with E-state index in [1.54, 1.807) is 27.7 Å². The normalized spacial score (nSPS) is 23.0. The van der Waals surface area contributed by atoms with Gasteiger partial charge in [-0.15, -0.1) is 11.7 Å². The third kappa shape index (κ3) is 5.48. The predicted molar refractivity (Wildman–Crippen MR) is 196 cm³/mol. The lowest BCUT2D eigenvalue weighted by Crippen LogP contribution is -2.52. The molecule has 3 aliphatic rings. The van der Waals surface area contributed by atoms with E-state index in [0.717, 1.165) is 39.6 Å². The van der Waals surface area contributed by atoms with Crippen LogP contribution in [0.25, 0.3) is 0 Å². The van der Waals surface area contributed by atoms with Crippen LogP contribution in [-0.4, -0.2) is 66.4 Å². The van der Waals surface area contributed by atoms with Crippen molar-refractivity contribution in [2.24, 2.45) is 5.92 Å². The van der Waals surface area contributed by atoms with Gasteiger partial charge in [0.15, 0.2) is 5.60 Å². The zero-order chi connectivity index (χ0) is 35.2. The lowest BCUT2D eigenvalue weighted by atomic mass is 9.82. The third-order valence-corrected chi connectivity index (χ3v) is 15.4. The number of nitrogens with zero attached hydrogens (tertiary/aromatic N) is 5. The number of amides is 2. The first-order valence-electron chi connectivity index (χ1n) is 17.4. The highest BCUT2D eigenvalue weighted by Crippen LogP contribution is 2.60. The number of hydrogen-bond donors (Lipinski definition) is 1. The highest BCUT2D eigenvalue weighted by atomic mass is 28.3. The summed E-state index contributed by atoms with van der Waals surface area (Å²) in [5, 5.41) is 19.2. The molecule has 4 atom stereocenters. The van der Waals surface area contributed by atoms with Gasteiger partial charge in [-0.1, -0.05) is 66.8 Å². The summed E-state index contributed by atoms with van der Waals surface area (Å²) in [6.45, 7) is 11.8. The second kappa shape index (κ2) is 13.3. The van der Waals surface area contributed by atoms with E-state index in [9.17, 15) is 14.7 Å².